The van der Waals surface area contributed by atoms with Crippen molar-refractivity contribution in [1.29, 1.82) is 0 Å². The Bertz CT molecular complexity index is 406. The molecule has 1 aliphatic rings. The number of ether oxygens (including phenoxy) is 1. The van der Waals surface area contributed by atoms with E-state index in [0.29, 0.717) is 12.1 Å². The minimum Gasteiger partial charge on any atom is -0.474 e. The molecule has 0 saturated heterocycles. The summed E-state index contributed by atoms with van der Waals surface area (Å²) >= 11 is 0. The highest BCUT2D eigenvalue weighted by molar-refractivity contribution is 5.16. The lowest BCUT2D eigenvalue weighted by Crippen LogP contribution is -2.26. The molecule has 0 radical (unpaired) electrons. The Morgan fingerprint density at radius 1 is 1.35 bits per heavy atom. The van der Waals surface area contributed by atoms with E-state index < -0.39 is 0 Å². The predicted molar refractivity (Wildman–Crippen MR) is 82.9 cm³/mol. The zero-order valence-corrected chi connectivity index (χ0v) is 13.1. The van der Waals surface area contributed by atoms with Crippen LogP contribution in [-0.4, -0.2) is 17.1 Å². The van der Waals surface area contributed by atoms with E-state index in [1.54, 1.807) is 0 Å². The van der Waals surface area contributed by atoms with Crippen molar-refractivity contribution in [1.82, 2.24) is 10.3 Å². The van der Waals surface area contributed by atoms with Crippen LogP contribution in [0.4, 0.5) is 0 Å². The molecular formula is C17H28N2O. The van der Waals surface area contributed by atoms with Crippen LogP contribution in [-0.2, 0) is 6.54 Å². The zero-order valence-electron chi connectivity index (χ0n) is 13.1. The SMILES string of the molecule is CCC1CCCC(Oc2cccc(CNC(C)C)n2)C1. The maximum atomic E-state index is 6.10. The third kappa shape index (κ3) is 4.78. The molecule has 0 aliphatic heterocycles. The van der Waals surface area contributed by atoms with Crippen molar-refractivity contribution in [2.45, 2.75) is 71.6 Å². The summed E-state index contributed by atoms with van der Waals surface area (Å²) in [5.41, 5.74) is 1.05. The van der Waals surface area contributed by atoms with E-state index in [4.69, 9.17) is 4.74 Å². The summed E-state index contributed by atoms with van der Waals surface area (Å²) in [5.74, 6) is 1.62. The first-order chi connectivity index (χ1) is 9.67. The fraction of sp³-hybridized carbons (Fsp3) is 0.706. The van der Waals surface area contributed by atoms with Crippen LogP contribution in [0, 0.1) is 5.92 Å². The molecule has 3 nitrogen and oxygen atoms in total. The normalized spacial score (nSPS) is 23.0. The molecule has 2 rings (SSSR count). The van der Waals surface area contributed by atoms with E-state index in [9.17, 15) is 0 Å². The highest BCUT2D eigenvalue weighted by Gasteiger charge is 2.22. The number of hydrogen-bond acceptors (Lipinski definition) is 3. The Balaban J connectivity index is 1.90. The summed E-state index contributed by atoms with van der Waals surface area (Å²) in [6.45, 7) is 7.38. The molecule has 0 spiro atoms. The van der Waals surface area contributed by atoms with Crippen LogP contribution in [0.25, 0.3) is 0 Å². The molecule has 0 amide bonds. The Kier molecular flexibility index (Phi) is 5.84. The van der Waals surface area contributed by atoms with E-state index in [-0.39, 0.29) is 0 Å². The molecule has 1 aromatic rings. The minimum atomic E-state index is 0.356. The smallest absolute Gasteiger partial charge is 0.213 e. The molecule has 1 aromatic heterocycles. The molecule has 1 fully saturated rings. The topological polar surface area (TPSA) is 34.1 Å². The molecule has 1 N–H and O–H groups in total. The van der Waals surface area contributed by atoms with Crippen molar-refractivity contribution in [3.8, 4) is 5.88 Å². The van der Waals surface area contributed by atoms with Gasteiger partial charge >= 0.3 is 0 Å². The molecule has 0 bridgehead atoms. The summed E-state index contributed by atoms with van der Waals surface area (Å²) in [7, 11) is 0. The third-order valence-corrected chi connectivity index (χ3v) is 4.07. The van der Waals surface area contributed by atoms with Gasteiger partial charge in [-0.05, 0) is 31.2 Å². The van der Waals surface area contributed by atoms with Crippen LogP contribution >= 0.6 is 0 Å². The summed E-state index contributed by atoms with van der Waals surface area (Å²) in [6.07, 6.45) is 6.64. The van der Waals surface area contributed by atoms with Crippen LogP contribution in [0.5, 0.6) is 5.88 Å². The van der Waals surface area contributed by atoms with Crippen molar-refractivity contribution < 1.29 is 4.74 Å². The molecule has 112 valence electrons. The molecule has 3 heteroatoms. The van der Waals surface area contributed by atoms with Gasteiger partial charge in [-0.1, -0.05) is 39.7 Å². The van der Waals surface area contributed by atoms with Crippen LogP contribution in [0.3, 0.4) is 0 Å². The van der Waals surface area contributed by atoms with Gasteiger partial charge in [0.1, 0.15) is 6.10 Å². The van der Waals surface area contributed by atoms with E-state index in [1.807, 2.05) is 12.1 Å². The summed E-state index contributed by atoms with van der Waals surface area (Å²) in [4.78, 5) is 4.60. The Morgan fingerprint density at radius 2 is 2.20 bits per heavy atom. The van der Waals surface area contributed by atoms with Crippen molar-refractivity contribution in [3.63, 3.8) is 0 Å². The number of rotatable bonds is 6. The van der Waals surface area contributed by atoms with E-state index in [1.165, 1.54) is 32.1 Å². The average Bonchev–Trinajstić information content (AvgIpc) is 2.46. The molecule has 0 aromatic carbocycles. The predicted octanol–water partition coefficient (Wildman–Crippen LogP) is 3.93. The molecular weight excluding hydrogens is 248 g/mol. The standard InChI is InChI=1S/C17H28N2O/c1-4-14-7-5-9-16(11-14)20-17-10-6-8-15(19-17)12-18-13(2)3/h6,8,10,13-14,16,18H,4-5,7,9,11-12H2,1-3H3. The minimum absolute atomic E-state index is 0.356. The van der Waals surface area contributed by atoms with Gasteiger partial charge in [0.05, 0.1) is 5.69 Å². The lowest BCUT2D eigenvalue weighted by molar-refractivity contribution is 0.117. The van der Waals surface area contributed by atoms with E-state index in [0.717, 1.165) is 24.0 Å². The molecule has 1 aliphatic carbocycles. The first-order valence-electron chi connectivity index (χ1n) is 8.03. The maximum Gasteiger partial charge on any atom is 0.213 e. The summed E-state index contributed by atoms with van der Waals surface area (Å²) in [5, 5.41) is 3.39. The van der Waals surface area contributed by atoms with Crippen LogP contribution < -0.4 is 10.1 Å². The quantitative estimate of drug-likeness (QED) is 0.855. The number of hydrogen-bond donors (Lipinski definition) is 1. The van der Waals surface area contributed by atoms with Crippen LogP contribution in [0.2, 0.25) is 0 Å². The molecule has 2 atom stereocenters. The second kappa shape index (κ2) is 7.63. The fourth-order valence-electron chi connectivity index (χ4n) is 2.82. The number of nitrogens with zero attached hydrogens (tertiary/aromatic N) is 1. The highest BCUT2D eigenvalue weighted by Crippen LogP contribution is 2.29. The van der Waals surface area contributed by atoms with Gasteiger partial charge in [-0.2, -0.15) is 0 Å². The van der Waals surface area contributed by atoms with Gasteiger partial charge in [-0.3, -0.25) is 0 Å². The zero-order chi connectivity index (χ0) is 14.4. The second-order valence-electron chi connectivity index (χ2n) is 6.18. The van der Waals surface area contributed by atoms with Gasteiger partial charge in [0.25, 0.3) is 0 Å². The highest BCUT2D eigenvalue weighted by atomic mass is 16.5. The van der Waals surface area contributed by atoms with Gasteiger partial charge in [-0.25, -0.2) is 4.98 Å². The largest absolute Gasteiger partial charge is 0.474 e. The monoisotopic (exact) mass is 276 g/mol. The van der Waals surface area contributed by atoms with Crippen molar-refractivity contribution in [3.05, 3.63) is 23.9 Å². The maximum absolute atomic E-state index is 6.10. The Morgan fingerprint density at radius 3 is 2.95 bits per heavy atom. The number of aromatic nitrogens is 1. The number of nitrogens with one attached hydrogen (secondary N) is 1. The molecule has 1 saturated carbocycles. The van der Waals surface area contributed by atoms with E-state index in [2.05, 4.69) is 37.1 Å². The van der Waals surface area contributed by atoms with Crippen LogP contribution in [0.15, 0.2) is 18.2 Å². The first-order valence-corrected chi connectivity index (χ1v) is 8.03. The molecule has 20 heavy (non-hydrogen) atoms. The Labute approximate surface area is 123 Å². The second-order valence-corrected chi connectivity index (χ2v) is 6.18. The van der Waals surface area contributed by atoms with Crippen molar-refractivity contribution in [2.24, 2.45) is 5.92 Å². The lowest BCUT2D eigenvalue weighted by atomic mass is 9.85. The first kappa shape index (κ1) is 15.3. The van der Waals surface area contributed by atoms with Crippen molar-refractivity contribution in [2.75, 3.05) is 0 Å². The summed E-state index contributed by atoms with van der Waals surface area (Å²) < 4.78 is 6.10. The lowest BCUT2D eigenvalue weighted by Gasteiger charge is -2.28. The van der Waals surface area contributed by atoms with Gasteiger partial charge in [-0.15, -0.1) is 0 Å². The van der Waals surface area contributed by atoms with Crippen molar-refractivity contribution >= 4 is 0 Å². The summed E-state index contributed by atoms with van der Waals surface area (Å²) in [6, 6.07) is 6.55. The van der Waals surface area contributed by atoms with Gasteiger partial charge in [0, 0.05) is 18.7 Å². The molecule has 1 heterocycles. The van der Waals surface area contributed by atoms with Crippen LogP contribution in [0.1, 0.15) is 58.6 Å². The van der Waals surface area contributed by atoms with Gasteiger partial charge in [0.2, 0.25) is 5.88 Å². The molecule has 2 unspecified atom stereocenters. The fourth-order valence-corrected chi connectivity index (χ4v) is 2.82. The van der Waals surface area contributed by atoms with E-state index >= 15 is 0 Å². The third-order valence-electron chi connectivity index (χ3n) is 4.07. The van der Waals surface area contributed by atoms with Gasteiger partial charge in [0.15, 0.2) is 0 Å². The number of pyridine rings is 1. The van der Waals surface area contributed by atoms with Gasteiger partial charge < -0.3 is 10.1 Å². The average molecular weight is 276 g/mol. The Hall–Kier alpha value is -1.09.